The van der Waals surface area contributed by atoms with Crippen LogP contribution in [0.25, 0.3) is 0 Å². The standard InChI is InChI=1S/C19H27N5O2S/c1-23-12-14-24(15-13-23)27(25,26)18-8-9-19(22-16-18)21-11-5-10-20-17-6-3-2-4-7-17/h2-4,6-9,16,20H,5,10-15H2,1H3,(H,21,22). The fraction of sp³-hybridized carbons (Fsp3) is 0.421. The molecular formula is C19H27N5O2S. The summed E-state index contributed by atoms with van der Waals surface area (Å²) in [6.07, 6.45) is 2.37. The molecule has 1 aromatic heterocycles. The van der Waals surface area contributed by atoms with Gasteiger partial charge in [-0.3, -0.25) is 0 Å². The minimum Gasteiger partial charge on any atom is -0.385 e. The number of sulfonamides is 1. The maximum Gasteiger partial charge on any atom is 0.244 e. The highest BCUT2D eigenvalue weighted by Crippen LogP contribution is 2.17. The first-order valence-electron chi connectivity index (χ1n) is 9.23. The average Bonchev–Trinajstić information content (AvgIpc) is 2.69. The van der Waals surface area contributed by atoms with Crippen LogP contribution in [0.15, 0.2) is 53.6 Å². The maximum absolute atomic E-state index is 12.7. The van der Waals surface area contributed by atoms with Gasteiger partial charge in [-0.25, -0.2) is 13.4 Å². The van der Waals surface area contributed by atoms with Crippen molar-refractivity contribution in [1.82, 2.24) is 14.2 Å². The van der Waals surface area contributed by atoms with Gasteiger partial charge in [0.25, 0.3) is 0 Å². The minimum absolute atomic E-state index is 0.253. The molecule has 0 atom stereocenters. The molecule has 3 rings (SSSR count). The van der Waals surface area contributed by atoms with Gasteiger partial charge >= 0.3 is 0 Å². The summed E-state index contributed by atoms with van der Waals surface area (Å²) < 4.78 is 26.9. The highest BCUT2D eigenvalue weighted by atomic mass is 32.2. The number of likely N-dealkylation sites (N-methyl/N-ethyl adjacent to an activating group) is 1. The van der Waals surface area contributed by atoms with Gasteiger partial charge < -0.3 is 15.5 Å². The molecule has 0 unspecified atom stereocenters. The number of hydrogen-bond donors (Lipinski definition) is 2. The minimum atomic E-state index is -3.46. The number of piperazine rings is 1. The van der Waals surface area contributed by atoms with Gasteiger partial charge in [0.1, 0.15) is 10.7 Å². The van der Waals surface area contributed by atoms with Crippen molar-refractivity contribution in [3.05, 3.63) is 48.7 Å². The number of aromatic nitrogens is 1. The zero-order chi connectivity index (χ0) is 19.1. The molecular weight excluding hydrogens is 362 g/mol. The zero-order valence-corrected chi connectivity index (χ0v) is 16.5. The SMILES string of the molecule is CN1CCN(S(=O)(=O)c2ccc(NCCCNc3ccccc3)nc2)CC1. The largest absolute Gasteiger partial charge is 0.385 e. The normalized spacial score (nSPS) is 16.2. The Morgan fingerprint density at radius 1 is 0.963 bits per heavy atom. The monoisotopic (exact) mass is 389 g/mol. The number of rotatable bonds is 8. The first kappa shape index (κ1) is 19.6. The van der Waals surface area contributed by atoms with Crippen molar-refractivity contribution in [3.8, 4) is 0 Å². The molecule has 1 saturated heterocycles. The molecule has 2 heterocycles. The second-order valence-electron chi connectivity index (χ2n) is 6.66. The van der Waals surface area contributed by atoms with E-state index in [1.165, 1.54) is 10.5 Å². The molecule has 0 saturated carbocycles. The smallest absolute Gasteiger partial charge is 0.244 e. The van der Waals surface area contributed by atoms with Crippen molar-refractivity contribution < 1.29 is 8.42 Å². The Labute approximate surface area is 161 Å². The summed E-state index contributed by atoms with van der Waals surface area (Å²) in [4.78, 5) is 6.64. The molecule has 1 fully saturated rings. The molecule has 8 heteroatoms. The van der Waals surface area contributed by atoms with E-state index in [0.717, 1.165) is 38.3 Å². The summed E-state index contributed by atoms with van der Waals surface area (Å²) in [6.45, 7) is 4.16. The number of benzene rings is 1. The van der Waals surface area contributed by atoms with E-state index in [-0.39, 0.29) is 4.90 Å². The summed E-state index contributed by atoms with van der Waals surface area (Å²) in [5.74, 6) is 0.687. The van der Waals surface area contributed by atoms with Crippen LogP contribution in [-0.2, 0) is 10.0 Å². The summed E-state index contributed by atoms with van der Waals surface area (Å²) in [7, 11) is -1.45. The van der Waals surface area contributed by atoms with Crippen molar-refractivity contribution >= 4 is 21.5 Å². The van der Waals surface area contributed by atoms with Crippen molar-refractivity contribution in [2.75, 3.05) is 56.9 Å². The van der Waals surface area contributed by atoms with Gasteiger partial charge in [-0.1, -0.05) is 18.2 Å². The molecule has 1 aromatic carbocycles. The lowest BCUT2D eigenvalue weighted by Gasteiger charge is -2.31. The predicted octanol–water partition coefficient (Wildman–Crippen LogP) is 1.93. The molecule has 0 aliphatic carbocycles. The molecule has 2 aromatic rings. The van der Waals surface area contributed by atoms with Crippen LogP contribution in [0.1, 0.15) is 6.42 Å². The van der Waals surface area contributed by atoms with Gasteiger partial charge in [0.15, 0.2) is 0 Å². The van der Waals surface area contributed by atoms with Gasteiger partial charge in [-0.15, -0.1) is 0 Å². The quantitative estimate of drug-likeness (QED) is 0.672. The summed E-state index contributed by atoms with van der Waals surface area (Å²) >= 11 is 0. The Morgan fingerprint density at radius 3 is 2.33 bits per heavy atom. The van der Waals surface area contributed by atoms with E-state index < -0.39 is 10.0 Å². The molecule has 146 valence electrons. The van der Waals surface area contributed by atoms with Gasteiger partial charge in [-0.2, -0.15) is 4.31 Å². The van der Waals surface area contributed by atoms with Gasteiger partial charge in [0, 0.05) is 51.2 Å². The van der Waals surface area contributed by atoms with Crippen LogP contribution < -0.4 is 10.6 Å². The predicted molar refractivity (Wildman–Crippen MR) is 109 cm³/mol. The topological polar surface area (TPSA) is 77.6 Å². The van der Waals surface area contributed by atoms with Crippen molar-refractivity contribution in [2.45, 2.75) is 11.3 Å². The molecule has 0 radical (unpaired) electrons. The molecule has 7 nitrogen and oxygen atoms in total. The third-order valence-electron chi connectivity index (χ3n) is 4.60. The van der Waals surface area contributed by atoms with E-state index in [1.54, 1.807) is 12.1 Å². The molecule has 1 aliphatic heterocycles. The summed E-state index contributed by atoms with van der Waals surface area (Å²) in [6, 6.07) is 13.4. The second kappa shape index (κ2) is 9.16. The lowest BCUT2D eigenvalue weighted by atomic mass is 10.3. The number of nitrogens with one attached hydrogen (secondary N) is 2. The van der Waals surface area contributed by atoms with Gasteiger partial charge in [0.05, 0.1) is 0 Å². The van der Waals surface area contributed by atoms with E-state index in [2.05, 4.69) is 20.5 Å². The molecule has 2 N–H and O–H groups in total. The average molecular weight is 390 g/mol. The third-order valence-corrected chi connectivity index (χ3v) is 6.48. The van der Waals surface area contributed by atoms with Crippen LogP contribution in [0.5, 0.6) is 0 Å². The van der Waals surface area contributed by atoms with E-state index in [0.29, 0.717) is 18.9 Å². The molecule has 27 heavy (non-hydrogen) atoms. The van der Waals surface area contributed by atoms with Gasteiger partial charge in [-0.05, 0) is 37.7 Å². The first-order valence-corrected chi connectivity index (χ1v) is 10.7. The molecule has 1 aliphatic rings. The van der Waals surface area contributed by atoms with Crippen LogP contribution in [0.2, 0.25) is 0 Å². The van der Waals surface area contributed by atoms with Crippen LogP contribution >= 0.6 is 0 Å². The number of nitrogens with zero attached hydrogens (tertiary/aromatic N) is 3. The van der Waals surface area contributed by atoms with Crippen LogP contribution in [-0.4, -0.2) is 68.9 Å². The number of hydrogen-bond acceptors (Lipinski definition) is 6. The summed E-state index contributed by atoms with van der Waals surface area (Å²) in [5.41, 5.74) is 1.11. The Balaban J connectivity index is 1.45. The van der Waals surface area contributed by atoms with Gasteiger partial charge in [0.2, 0.25) is 10.0 Å². The van der Waals surface area contributed by atoms with Crippen molar-refractivity contribution in [3.63, 3.8) is 0 Å². The number of para-hydroxylation sites is 1. The number of anilines is 2. The van der Waals surface area contributed by atoms with Crippen molar-refractivity contribution in [1.29, 1.82) is 0 Å². The van der Waals surface area contributed by atoms with Crippen LogP contribution in [0, 0.1) is 0 Å². The molecule has 0 spiro atoms. The Morgan fingerprint density at radius 2 is 1.67 bits per heavy atom. The van der Waals surface area contributed by atoms with E-state index in [9.17, 15) is 8.42 Å². The fourth-order valence-electron chi connectivity index (χ4n) is 2.91. The number of pyridine rings is 1. The fourth-order valence-corrected chi connectivity index (χ4v) is 4.28. The third kappa shape index (κ3) is 5.41. The highest BCUT2D eigenvalue weighted by Gasteiger charge is 2.27. The highest BCUT2D eigenvalue weighted by molar-refractivity contribution is 7.89. The lowest BCUT2D eigenvalue weighted by Crippen LogP contribution is -2.47. The lowest BCUT2D eigenvalue weighted by molar-refractivity contribution is 0.222. The Hall–Kier alpha value is -2.16. The van der Waals surface area contributed by atoms with Crippen molar-refractivity contribution in [2.24, 2.45) is 0 Å². The van der Waals surface area contributed by atoms with Crippen LogP contribution in [0.4, 0.5) is 11.5 Å². The van der Waals surface area contributed by atoms with E-state index in [1.807, 2.05) is 37.4 Å². The van der Waals surface area contributed by atoms with Crippen LogP contribution in [0.3, 0.4) is 0 Å². The molecule has 0 bridgehead atoms. The van der Waals surface area contributed by atoms with E-state index >= 15 is 0 Å². The Bertz CT molecular complexity index is 804. The Kier molecular flexibility index (Phi) is 6.65. The zero-order valence-electron chi connectivity index (χ0n) is 15.6. The van der Waals surface area contributed by atoms with E-state index in [4.69, 9.17) is 0 Å². The maximum atomic E-state index is 12.7. The first-order chi connectivity index (χ1) is 13.1. The summed E-state index contributed by atoms with van der Waals surface area (Å²) in [5, 5.41) is 6.58. The second-order valence-corrected chi connectivity index (χ2v) is 8.60. The molecule has 0 amide bonds.